The summed E-state index contributed by atoms with van der Waals surface area (Å²) in [6.45, 7) is 19.1. The third-order valence-corrected chi connectivity index (χ3v) is 4.52. The van der Waals surface area contributed by atoms with Gasteiger partial charge in [-0.2, -0.15) is 0 Å². The standard InChI is InChI=1S/C21H37N3/c1-16(23-21(5,6)7)17-8-10-19(11-9-17)24-13-12-18(14-24)22-15-20(2,3)4/h8-11,16,18,22-23H,12-15H2,1-7H3/t16?,18-/m0/s1. The predicted molar refractivity (Wildman–Crippen MR) is 106 cm³/mol. The second-order valence-corrected chi connectivity index (χ2v) is 9.58. The molecule has 24 heavy (non-hydrogen) atoms. The lowest BCUT2D eigenvalue weighted by Gasteiger charge is -2.27. The van der Waals surface area contributed by atoms with E-state index in [0.29, 0.717) is 17.5 Å². The SMILES string of the molecule is CC(NC(C)(C)C)c1ccc(N2CC[C@H](NCC(C)(C)C)C2)cc1. The summed E-state index contributed by atoms with van der Waals surface area (Å²) in [6, 6.07) is 10.1. The Morgan fingerprint density at radius 1 is 1.08 bits per heavy atom. The fourth-order valence-electron chi connectivity index (χ4n) is 3.32. The van der Waals surface area contributed by atoms with Crippen LogP contribution in [0.2, 0.25) is 0 Å². The van der Waals surface area contributed by atoms with Gasteiger partial charge in [-0.1, -0.05) is 32.9 Å². The van der Waals surface area contributed by atoms with Crippen LogP contribution in [0, 0.1) is 5.41 Å². The van der Waals surface area contributed by atoms with Gasteiger partial charge in [0.05, 0.1) is 0 Å². The van der Waals surface area contributed by atoms with Crippen LogP contribution in [0.5, 0.6) is 0 Å². The summed E-state index contributed by atoms with van der Waals surface area (Å²) in [4.78, 5) is 2.51. The third kappa shape index (κ3) is 6.10. The summed E-state index contributed by atoms with van der Waals surface area (Å²) in [6.07, 6.45) is 1.24. The highest BCUT2D eigenvalue weighted by atomic mass is 15.2. The monoisotopic (exact) mass is 331 g/mol. The van der Waals surface area contributed by atoms with Crippen molar-refractivity contribution in [2.24, 2.45) is 5.41 Å². The van der Waals surface area contributed by atoms with Crippen molar-refractivity contribution < 1.29 is 0 Å². The van der Waals surface area contributed by atoms with Crippen molar-refractivity contribution in [2.75, 3.05) is 24.5 Å². The minimum Gasteiger partial charge on any atom is -0.370 e. The van der Waals surface area contributed by atoms with Crippen molar-refractivity contribution in [3.63, 3.8) is 0 Å². The Balaban J connectivity index is 1.90. The maximum atomic E-state index is 3.72. The number of anilines is 1. The number of hydrogen-bond donors (Lipinski definition) is 2. The molecule has 2 N–H and O–H groups in total. The van der Waals surface area contributed by atoms with Gasteiger partial charge in [-0.15, -0.1) is 0 Å². The Morgan fingerprint density at radius 3 is 2.25 bits per heavy atom. The first kappa shape index (κ1) is 19.3. The maximum absolute atomic E-state index is 3.72. The molecule has 0 amide bonds. The quantitative estimate of drug-likeness (QED) is 0.840. The van der Waals surface area contributed by atoms with Gasteiger partial charge in [0.25, 0.3) is 0 Å². The molecule has 1 heterocycles. The van der Waals surface area contributed by atoms with E-state index in [1.54, 1.807) is 0 Å². The van der Waals surface area contributed by atoms with Crippen LogP contribution in [0.1, 0.15) is 66.5 Å². The van der Waals surface area contributed by atoms with E-state index in [1.165, 1.54) is 17.7 Å². The molecular weight excluding hydrogens is 294 g/mol. The molecule has 1 aromatic rings. The topological polar surface area (TPSA) is 27.3 Å². The van der Waals surface area contributed by atoms with Gasteiger partial charge >= 0.3 is 0 Å². The Morgan fingerprint density at radius 2 is 1.71 bits per heavy atom. The van der Waals surface area contributed by atoms with Crippen LogP contribution in [0.15, 0.2) is 24.3 Å². The second kappa shape index (κ2) is 7.45. The highest BCUT2D eigenvalue weighted by Crippen LogP contribution is 2.24. The Bertz CT molecular complexity index is 507. The van der Waals surface area contributed by atoms with E-state index < -0.39 is 0 Å². The highest BCUT2D eigenvalue weighted by molar-refractivity contribution is 5.49. The van der Waals surface area contributed by atoms with E-state index in [1.807, 2.05) is 0 Å². The van der Waals surface area contributed by atoms with Gasteiger partial charge in [0, 0.05) is 42.9 Å². The van der Waals surface area contributed by atoms with Gasteiger partial charge in [0.2, 0.25) is 0 Å². The molecule has 0 spiro atoms. The first-order chi connectivity index (χ1) is 11.0. The summed E-state index contributed by atoms with van der Waals surface area (Å²) in [5, 5.41) is 7.36. The van der Waals surface area contributed by atoms with Crippen molar-refractivity contribution >= 4 is 5.69 Å². The first-order valence-corrected chi connectivity index (χ1v) is 9.39. The molecule has 3 heteroatoms. The molecular formula is C21H37N3. The van der Waals surface area contributed by atoms with E-state index in [4.69, 9.17) is 0 Å². The molecule has 0 radical (unpaired) electrons. The molecule has 3 nitrogen and oxygen atoms in total. The minimum atomic E-state index is 0.138. The van der Waals surface area contributed by atoms with Gasteiger partial charge in [-0.25, -0.2) is 0 Å². The van der Waals surface area contributed by atoms with Gasteiger partial charge in [-0.05, 0) is 57.2 Å². The summed E-state index contributed by atoms with van der Waals surface area (Å²) in [5.74, 6) is 0. The van der Waals surface area contributed by atoms with Crippen LogP contribution in [-0.4, -0.2) is 31.2 Å². The smallest absolute Gasteiger partial charge is 0.0366 e. The van der Waals surface area contributed by atoms with Crippen molar-refractivity contribution in [3.05, 3.63) is 29.8 Å². The second-order valence-electron chi connectivity index (χ2n) is 9.58. The zero-order valence-electron chi connectivity index (χ0n) is 16.7. The van der Waals surface area contributed by atoms with E-state index >= 15 is 0 Å². The van der Waals surface area contributed by atoms with E-state index in [0.717, 1.165) is 19.6 Å². The van der Waals surface area contributed by atoms with Crippen LogP contribution in [0.3, 0.4) is 0 Å². The largest absolute Gasteiger partial charge is 0.370 e. The lowest BCUT2D eigenvalue weighted by atomic mass is 9.96. The number of benzene rings is 1. The molecule has 136 valence electrons. The number of rotatable bonds is 5. The minimum absolute atomic E-state index is 0.138. The maximum Gasteiger partial charge on any atom is 0.0366 e. The fourth-order valence-corrected chi connectivity index (χ4v) is 3.32. The van der Waals surface area contributed by atoms with Crippen LogP contribution in [-0.2, 0) is 0 Å². The number of nitrogens with zero attached hydrogens (tertiary/aromatic N) is 1. The molecule has 2 rings (SSSR count). The fraction of sp³-hybridized carbons (Fsp3) is 0.714. The lowest BCUT2D eigenvalue weighted by Crippen LogP contribution is -2.38. The normalized spacial score (nSPS) is 20.5. The Hall–Kier alpha value is -1.06. The summed E-state index contributed by atoms with van der Waals surface area (Å²) in [5.41, 5.74) is 3.20. The molecule has 0 bridgehead atoms. The molecule has 0 saturated carbocycles. The average Bonchev–Trinajstić information content (AvgIpc) is 2.92. The third-order valence-electron chi connectivity index (χ3n) is 4.52. The van der Waals surface area contributed by atoms with Gasteiger partial charge in [0.15, 0.2) is 0 Å². The van der Waals surface area contributed by atoms with Gasteiger partial charge < -0.3 is 15.5 Å². The highest BCUT2D eigenvalue weighted by Gasteiger charge is 2.24. The summed E-state index contributed by atoms with van der Waals surface area (Å²) < 4.78 is 0. The average molecular weight is 332 g/mol. The Labute approximate surface area is 149 Å². The van der Waals surface area contributed by atoms with E-state index in [2.05, 4.69) is 88.3 Å². The molecule has 0 aromatic heterocycles. The van der Waals surface area contributed by atoms with Gasteiger partial charge in [-0.3, -0.25) is 0 Å². The molecule has 1 unspecified atom stereocenters. The van der Waals surface area contributed by atoms with Crippen molar-refractivity contribution in [1.29, 1.82) is 0 Å². The van der Waals surface area contributed by atoms with Crippen molar-refractivity contribution in [3.8, 4) is 0 Å². The van der Waals surface area contributed by atoms with Crippen LogP contribution >= 0.6 is 0 Å². The predicted octanol–water partition coefficient (Wildman–Crippen LogP) is 4.35. The summed E-state index contributed by atoms with van der Waals surface area (Å²) in [7, 11) is 0. The zero-order chi connectivity index (χ0) is 18.0. The number of nitrogens with one attached hydrogen (secondary N) is 2. The molecule has 1 fully saturated rings. The van der Waals surface area contributed by atoms with Crippen LogP contribution < -0.4 is 15.5 Å². The number of hydrogen-bond acceptors (Lipinski definition) is 3. The Kier molecular flexibility index (Phi) is 5.98. The molecule has 1 aromatic carbocycles. The van der Waals surface area contributed by atoms with E-state index in [9.17, 15) is 0 Å². The molecule has 1 aliphatic heterocycles. The molecule has 2 atom stereocenters. The molecule has 1 saturated heterocycles. The van der Waals surface area contributed by atoms with E-state index in [-0.39, 0.29) is 5.54 Å². The van der Waals surface area contributed by atoms with Gasteiger partial charge in [0.1, 0.15) is 0 Å². The van der Waals surface area contributed by atoms with Crippen molar-refractivity contribution in [2.45, 2.75) is 72.5 Å². The van der Waals surface area contributed by atoms with Crippen LogP contribution in [0.4, 0.5) is 5.69 Å². The summed E-state index contributed by atoms with van der Waals surface area (Å²) >= 11 is 0. The molecule has 0 aliphatic carbocycles. The zero-order valence-corrected chi connectivity index (χ0v) is 16.7. The first-order valence-electron chi connectivity index (χ1n) is 9.39. The van der Waals surface area contributed by atoms with Crippen molar-refractivity contribution in [1.82, 2.24) is 10.6 Å². The molecule has 1 aliphatic rings. The van der Waals surface area contributed by atoms with Crippen LogP contribution in [0.25, 0.3) is 0 Å². The lowest BCUT2D eigenvalue weighted by molar-refractivity contribution is 0.357.